The molecule has 0 saturated carbocycles. The summed E-state index contributed by atoms with van der Waals surface area (Å²) in [5.41, 5.74) is 17.1. The number of rotatable bonds is 26. The van der Waals surface area contributed by atoms with E-state index in [0.717, 1.165) is 6.42 Å². The highest BCUT2D eigenvalue weighted by atomic mass is 16.4. The lowest BCUT2D eigenvalue weighted by Gasteiger charge is -2.27. The second-order valence-corrected chi connectivity index (χ2v) is 13.5. The van der Waals surface area contributed by atoms with Gasteiger partial charge in [-0.25, -0.2) is 9.78 Å². The van der Waals surface area contributed by atoms with Crippen molar-refractivity contribution in [3.05, 3.63) is 18.2 Å². The molecule has 0 aromatic carbocycles. The van der Waals surface area contributed by atoms with Gasteiger partial charge in [0.15, 0.2) is 0 Å². The summed E-state index contributed by atoms with van der Waals surface area (Å²) >= 11 is 0. The fourth-order valence-corrected chi connectivity index (χ4v) is 5.70. The number of carbonyl (C=O) groups is 8. The number of hydrogen-bond acceptors (Lipinski definition) is 12. The number of nitrogens with two attached hydrogens (primary N) is 3. The van der Waals surface area contributed by atoms with Gasteiger partial charge in [0.1, 0.15) is 36.3 Å². The molecule has 2 heterocycles. The molecule has 0 unspecified atom stereocenters. The van der Waals surface area contributed by atoms with Crippen molar-refractivity contribution in [2.24, 2.45) is 17.2 Å². The molecular formula is C34H58N12O9. The van der Waals surface area contributed by atoms with Crippen LogP contribution in [0, 0.1) is 0 Å². The van der Waals surface area contributed by atoms with Crippen molar-refractivity contribution in [2.45, 2.75) is 127 Å². The molecule has 1 aromatic rings. The average Bonchev–Trinajstić information content (AvgIpc) is 3.87. The third-order valence-corrected chi connectivity index (χ3v) is 8.95. The summed E-state index contributed by atoms with van der Waals surface area (Å²) in [6, 6.07) is -7.75. The molecule has 1 aliphatic heterocycles. The van der Waals surface area contributed by atoms with Crippen LogP contribution in [0.3, 0.4) is 0 Å². The van der Waals surface area contributed by atoms with E-state index in [4.69, 9.17) is 17.2 Å². The lowest BCUT2D eigenvalue weighted by atomic mass is 10.0. The second kappa shape index (κ2) is 24.3. The van der Waals surface area contributed by atoms with E-state index >= 15 is 0 Å². The molecule has 1 aliphatic rings. The number of carbonyl (C=O) groups excluding carboxylic acids is 7. The van der Waals surface area contributed by atoms with Crippen molar-refractivity contribution in [3.8, 4) is 0 Å². The summed E-state index contributed by atoms with van der Waals surface area (Å²) in [6.45, 7) is 4.12. The largest absolute Gasteiger partial charge is 0.480 e. The molecule has 7 amide bonds. The van der Waals surface area contributed by atoms with E-state index in [1.807, 2.05) is 0 Å². The Morgan fingerprint density at radius 1 is 0.745 bits per heavy atom. The molecule has 21 nitrogen and oxygen atoms in total. The summed E-state index contributed by atoms with van der Waals surface area (Å²) in [4.78, 5) is 110. The zero-order valence-corrected chi connectivity index (χ0v) is 31.5. The van der Waals surface area contributed by atoms with Crippen LogP contribution in [-0.4, -0.2) is 124 Å². The highest BCUT2D eigenvalue weighted by molar-refractivity contribution is 5.97. The zero-order valence-electron chi connectivity index (χ0n) is 31.5. The van der Waals surface area contributed by atoms with Crippen molar-refractivity contribution in [2.75, 3.05) is 19.6 Å². The third-order valence-electron chi connectivity index (χ3n) is 8.95. The summed E-state index contributed by atoms with van der Waals surface area (Å²) in [5, 5.41) is 28.0. The topological polar surface area (TPSA) is 348 Å². The molecular weight excluding hydrogens is 720 g/mol. The van der Waals surface area contributed by atoms with Crippen LogP contribution in [0.5, 0.6) is 0 Å². The number of hydrogen-bond donors (Lipinski definition) is 12. The number of primary amides is 1. The van der Waals surface area contributed by atoms with Crippen LogP contribution in [0.25, 0.3) is 0 Å². The Morgan fingerprint density at radius 2 is 1.25 bits per heavy atom. The Hall–Kier alpha value is -5.15. The van der Waals surface area contributed by atoms with Gasteiger partial charge in [-0.2, -0.15) is 0 Å². The van der Waals surface area contributed by atoms with Crippen LogP contribution in [0.1, 0.15) is 83.7 Å². The van der Waals surface area contributed by atoms with Gasteiger partial charge in [-0.3, -0.25) is 33.6 Å². The maximum atomic E-state index is 13.7. The minimum atomic E-state index is -1.39. The molecule has 21 heteroatoms. The summed E-state index contributed by atoms with van der Waals surface area (Å²) in [7, 11) is 0. The van der Waals surface area contributed by atoms with Crippen molar-refractivity contribution in [1.82, 2.24) is 47.2 Å². The highest BCUT2D eigenvalue weighted by Crippen LogP contribution is 2.09. The minimum Gasteiger partial charge on any atom is -0.480 e. The quantitative estimate of drug-likeness (QED) is 0.0403. The molecule has 0 bridgehead atoms. The number of aliphatic carboxylic acids is 1. The molecule has 55 heavy (non-hydrogen) atoms. The normalized spacial score (nSPS) is 17.0. The fourth-order valence-electron chi connectivity index (χ4n) is 5.70. The number of nitrogens with one attached hydrogen (secondary N) is 8. The van der Waals surface area contributed by atoms with Gasteiger partial charge in [0.2, 0.25) is 41.4 Å². The van der Waals surface area contributed by atoms with Gasteiger partial charge < -0.3 is 64.5 Å². The van der Waals surface area contributed by atoms with Gasteiger partial charge in [-0.15, -0.1) is 0 Å². The first-order valence-electron chi connectivity index (χ1n) is 18.6. The van der Waals surface area contributed by atoms with Crippen molar-refractivity contribution >= 4 is 47.3 Å². The van der Waals surface area contributed by atoms with E-state index in [1.54, 1.807) is 0 Å². The van der Waals surface area contributed by atoms with Crippen molar-refractivity contribution < 1.29 is 43.5 Å². The summed E-state index contributed by atoms with van der Waals surface area (Å²) in [5.74, 6) is -6.23. The number of aromatic nitrogens is 2. The van der Waals surface area contributed by atoms with Crippen LogP contribution in [0.15, 0.2) is 12.5 Å². The van der Waals surface area contributed by atoms with Crippen LogP contribution < -0.4 is 54.4 Å². The molecule has 0 spiro atoms. The molecule has 0 radical (unpaired) electrons. The van der Waals surface area contributed by atoms with E-state index in [2.05, 4.69) is 47.2 Å². The van der Waals surface area contributed by atoms with Gasteiger partial charge in [0.05, 0.1) is 12.4 Å². The first-order valence-corrected chi connectivity index (χ1v) is 18.6. The first kappa shape index (κ1) is 46.0. The predicted octanol–water partition coefficient (Wildman–Crippen LogP) is -3.74. The standard InChI is InChI=1S/C34H58N12O9/c1-19(41-30(50)22-10-7-15-39-22)28(48)43-24(9-4-6-14-36)32(52)45-25(11-12-27(37)47)33(53)44-23(8-3-5-13-35)31(51)42-20(2)29(49)46-26(34(54)55)16-21-17-38-18-40-21/h17-20,22-26,39H,3-16,35-36H2,1-2H3,(H2,37,47)(H,38,40)(H,41,50)(H,42,51)(H,43,48)(H,44,53)(H,45,52)(H,46,49)(H,54,55)/t19-,20-,22-,23-,24-,25-,26-/m0/s1. The SMILES string of the molecule is C[C@H](NC(=O)[C@@H]1CCCN1)C(=O)N[C@@H](CCCCN)C(=O)N[C@@H](CCC(N)=O)C(=O)N[C@@H](CCCCN)C(=O)N[C@@H](C)C(=O)N[C@@H](Cc1cnc[nH]1)C(=O)O. The molecule has 1 aromatic heterocycles. The Balaban J connectivity index is 2.18. The van der Waals surface area contributed by atoms with E-state index in [1.165, 1.54) is 26.4 Å². The zero-order chi connectivity index (χ0) is 40.9. The molecule has 15 N–H and O–H groups in total. The van der Waals surface area contributed by atoms with Gasteiger partial charge in [0.25, 0.3) is 0 Å². The number of imidazole rings is 1. The number of carboxylic acid groups (broad SMARTS) is 1. The lowest BCUT2D eigenvalue weighted by molar-refractivity contribution is -0.142. The van der Waals surface area contributed by atoms with Gasteiger partial charge in [-0.05, 0) is 91.3 Å². The average molecular weight is 779 g/mol. The fraction of sp³-hybridized carbons (Fsp3) is 0.676. The molecule has 1 saturated heterocycles. The Kier molecular flexibility index (Phi) is 20.3. The smallest absolute Gasteiger partial charge is 0.326 e. The van der Waals surface area contributed by atoms with Gasteiger partial charge in [0, 0.05) is 24.7 Å². The van der Waals surface area contributed by atoms with Crippen molar-refractivity contribution in [1.29, 1.82) is 0 Å². The van der Waals surface area contributed by atoms with E-state index in [9.17, 15) is 43.5 Å². The monoisotopic (exact) mass is 778 g/mol. The van der Waals surface area contributed by atoms with Crippen molar-refractivity contribution in [3.63, 3.8) is 0 Å². The molecule has 7 atom stereocenters. The van der Waals surface area contributed by atoms with E-state index in [-0.39, 0.29) is 38.0 Å². The number of amides is 7. The number of carboxylic acids is 1. The van der Waals surface area contributed by atoms with Gasteiger partial charge >= 0.3 is 5.97 Å². The first-order chi connectivity index (χ1) is 26.2. The number of H-pyrrole nitrogens is 1. The number of unbranched alkanes of at least 4 members (excludes halogenated alkanes) is 2. The molecule has 308 valence electrons. The Morgan fingerprint density at radius 3 is 1.73 bits per heavy atom. The van der Waals surface area contributed by atoms with Crippen LogP contribution >= 0.6 is 0 Å². The predicted molar refractivity (Wildman–Crippen MR) is 198 cm³/mol. The highest BCUT2D eigenvalue weighted by Gasteiger charge is 2.33. The third kappa shape index (κ3) is 16.8. The van der Waals surface area contributed by atoms with Crippen LogP contribution in [-0.2, 0) is 44.8 Å². The minimum absolute atomic E-state index is 0.0783. The maximum absolute atomic E-state index is 13.7. The van der Waals surface area contributed by atoms with Gasteiger partial charge in [-0.1, -0.05) is 0 Å². The molecule has 0 aliphatic carbocycles. The van der Waals surface area contributed by atoms with E-state index in [0.29, 0.717) is 57.4 Å². The summed E-state index contributed by atoms with van der Waals surface area (Å²) in [6.07, 6.45) is 5.63. The Bertz CT molecular complexity index is 1440. The second-order valence-electron chi connectivity index (χ2n) is 13.5. The van der Waals surface area contributed by atoms with Crippen LogP contribution in [0.2, 0.25) is 0 Å². The molecule has 2 rings (SSSR count). The number of nitrogens with zero attached hydrogens (tertiary/aromatic N) is 1. The lowest BCUT2D eigenvalue weighted by Crippen LogP contribution is -2.59. The number of aromatic amines is 1. The van der Waals surface area contributed by atoms with E-state index < -0.39 is 83.7 Å². The Labute approximate surface area is 319 Å². The molecule has 1 fully saturated rings. The maximum Gasteiger partial charge on any atom is 0.326 e. The summed E-state index contributed by atoms with van der Waals surface area (Å²) < 4.78 is 0. The van der Waals surface area contributed by atoms with Crippen LogP contribution in [0.4, 0.5) is 0 Å².